The van der Waals surface area contributed by atoms with E-state index in [-0.39, 0.29) is 0 Å². The van der Waals surface area contributed by atoms with Crippen molar-refractivity contribution in [3.8, 4) is 56.5 Å². The van der Waals surface area contributed by atoms with Crippen LogP contribution in [-0.2, 0) is 0 Å². The lowest BCUT2D eigenvalue weighted by Crippen LogP contribution is -2.00. The second-order valence-electron chi connectivity index (χ2n) is 14.5. The monoisotopic (exact) mass is 758 g/mol. The quantitative estimate of drug-likeness (QED) is 0.164. The van der Waals surface area contributed by atoms with Gasteiger partial charge in [0, 0.05) is 74.9 Å². The standard InChI is InChI=1S/C52H30N4OS/c1-3-14-31(15-4-1)48-39-28-29-42-47(36-20-7-9-25-41(36)57-42)46(39)38-23-12-22-35(49(38)53-48)33-18-11-19-34(30-33)51-54-50(32-16-5-2-6-17-32)55-52(56-51)40-24-13-27-44-45(40)37-21-8-10-26-43(37)58-44/h1-30H. The molecule has 0 aliphatic heterocycles. The third kappa shape index (κ3) is 5.16. The van der Waals surface area contributed by atoms with Crippen molar-refractivity contribution < 1.29 is 4.42 Å². The fraction of sp³-hybridized carbons (Fsp3) is 0. The largest absolute Gasteiger partial charge is 0.456 e. The van der Waals surface area contributed by atoms with E-state index >= 15 is 0 Å². The second kappa shape index (κ2) is 13.0. The molecule has 12 aromatic rings. The summed E-state index contributed by atoms with van der Waals surface area (Å²) in [4.78, 5) is 21.0. The molecule has 4 aromatic heterocycles. The molecule has 4 heterocycles. The van der Waals surface area contributed by atoms with Gasteiger partial charge in [0.05, 0.1) is 11.2 Å². The molecule has 0 N–H and O–H groups in total. The van der Waals surface area contributed by atoms with Crippen LogP contribution in [0.25, 0.3) is 120 Å². The van der Waals surface area contributed by atoms with E-state index in [1.807, 2.05) is 36.4 Å². The third-order valence-corrected chi connectivity index (χ3v) is 12.3. The highest BCUT2D eigenvalue weighted by molar-refractivity contribution is 7.25. The lowest BCUT2D eigenvalue weighted by molar-refractivity contribution is 0.669. The number of fused-ring (bicyclic) bond motifs is 10. The fourth-order valence-corrected chi connectivity index (χ4v) is 9.64. The summed E-state index contributed by atoms with van der Waals surface area (Å²) in [6.45, 7) is 0. The Balaban J connectivity index is 1.10. The Bertz CT molecular complexity index is 3570. The number of thiophene rings is 1. The van der Waals surface area contributed by atoms with Gasteiger partial charge in [-0.3, -0.25) is 0 Å². The predicted octanol–water partition coefficient (Wildman–Crippen LogP) is 14.2. The Morgan fingerprint density at radius 3 is 1.83 bits per heavy atom. The van der Waals surface area contributed by atoms with Gasteiger partial charge >= 0.3 is 0 Å². The van der Waals surface area contributed by atoms with E-state index in [4.69, 9.17) is 24.4 Å². The third-order valence-electron chi connectivity index (χ3n) is 11.1. The number of pyridine rings is 1. The van der Waals surface area contributed by atoms with Crippen molar-refractivity contribution >= 4 is 75.1 Å². The number of hydrogen-bond acceptors (Lipinski definition) is 6. The Morgan fingerprint density at radius 1 is 0.345 bits per heavy atom. The number of hydrogen-bond donors (Lipinski definition) is 0. The molecule has 270 valence electrons. The summed E-state index contributed by atoms with van der Waals surface area (Å²) in [7, 11) is 0. The van der Waals surface area contributed by atoms with E-state index in [9.17, 15) is 0 Å². The van der Waals surface area contributed by atoms with Crippen LogP contribution in [0.15, 0.2) is 186 Å². The minimum absolute atomic E-state index is 0.609. The lowest BCUT2D eigenvalue weighted by Gasteiger charge is -2.15. The molecular formula is C52H30N4OS. The Labute approximate surface area is 336 Å². The van der Waals surface area contributed by atoms with Gasteiger partial charge in [-0.15, -0.1) is 11.3 Å². The Morgan fingerprint density at radius 2 is 0.966 bits per heavy atom. The van der Waals surface area contributed by atoms with Crippen LogP contribution < -0.4 is 0 Å². The highest BCUT2D eigenvalue weighted by Gasteiger charge is 2.21. The zero-order valence-corrected chi connectivity index (χ0v) is 31.7. The maximum Gasteiger partial charge on any atom is 0.164 e. The number of rotatable bonds is 5. The van der Waals surface area contributed by atoms with Crippen LogP contribution in [0.1, 0.15) is 0 Å². The Kier molecular flexibility index (Phi) is 7.33. The SMILES string of the molecule is c1ccc(-c2nc(-c3cccc(-c4cccc5c4nc(-c4ccccc4)c4ccc6oc7ccccc7c6c45)c3)nc(-c3cccc4sc5ccccc5c34)n2)cc1. The van der Waals surface area contributed by atoms with Crippen LogP contribution in [0.3, 0.4) is 0 Å². The molecule has 0 aliphatic carbocycles. The molecule has 6 heteroatoms. The maximum atomic E-state index is 6.42. The topological polar surface area (TPSA) is 64.7 Å². The highest BCUT2D eigenvalue weighted by Crippen LogP contribution is 2.44. The van der Waals surface area contributed by atoms with Gasteiger partial charge in [-0.1, -0.05) is 146 Å². The number of para-hydroxylation sites is 2. The summed E-state index contributed by atoms with van der Waals surface area (Å²) < 4.78 is 8.86. The van der Waals surface area contributed by atoms with Crippen molar-refractivity contribution in [2.45, 2.75) is 0 Å². The lowest BCUT2D eigenvalue weighted by atomic mass is 9.93. The number of furan rings is 1. The first-order valence-corrected chi connectivity index (χ1v) is 20.1. The molecule has 5 nitrogen and oxygen atoms in total. The molecule has 0 atom stereocenters. The first-order chi connectivity index (χ1) is 28.7. The van der Waals surface area contributed by atoms with Crippen LogP contribution in [-0.4, -0.2) is 19.9 Å². The molecule has 0 amide bonds. The van der Waals surface area contributed by atoms with Gasteiger partial charge in [0.1, 0.15) is 11.2 Å². The highest BCUT2D eigenvalue weighted by atomic mass is 32.1. The van der Waals surface area contributed by atoms with Crippen LogP contribution in [0.5, 0.6) is 0 Å². The van der Waals surface area contributed by atoms with Crippen LogP contribution in [0, 0.1) is 0 Å². The van der Waals surface area contributed by atoms with E-state index < -0.39 is 0 Å². The van der Waals surface area contributed by atoms with Gasteiger partial charge < -0.3 is 4.42 Å². The predicted molar refractivity (Wildman–Crippen MR) is 240 cm³/mol. The van der Waals surface area contributed by atoms with Crippen molar-refractivity contribution in [2.75, 3.05) is 0 Å². The van der Waals surface area contributed by atoms with Crippen molar-refractivity contribution in [3.63, 3.8) is 0 Å². The van der Waals surface area contributed by atoms with Crippen molar-refractivity contribution in [1.29, 1.82) is 0 Å². The maximum absolute atomic E-state index is 6.42. The van der Waals surface area contributed by atoms with Crippen molar-refractivity contribution in [1.82, 2.24) is 19.9 Å². The fourth-order valence-electron chi connectivity index (χ4n) is 8.51. The summed E-state index contributed by atoms with van der Waals surface area (Å²) in [5.74, 6) is 1.88. The molecule has 0 unspecified atom stereocenters. The van der Waals surface area contributed by atoms with E-state index in [2.05, 4.69) is 146 Å². The van der Waals surface area contributed by atoms with Gasteiger partial charge in [-0.2, -0.15) is 0 Å². The van der Waals surface area contributed by atoms with Crippen molar-refractivity contribution in [3.05, 3.63) is 182 Å². The molecule has 0 bridgehead atoms. The minimum atomic E-state index is 0.609. The van der Waals surface area contributed by atoms with Crippen molar-refractivity contribution in [2.24, 2.45) is 0 Å². The summed E-state index contributed by atoms with van der Waals surface area (Å²) in [6.07, 6.45) is 0. The van der Waals surface area contributed by atoms with E-state index in [1.54, 1.807) is 11.3 Å². The average molecular weight is 759 g/mol. The summed E-state index contributed by atoms with van der Waals surface area (Å²) in [6, 6.07) is 63.1. The smallest absolute Gasteiger partial charge is 0.164 e. The first-order valence-electron chi connectivity index (χ1n) is 19.3. The average Bonchev–Trinajstić information content (AvgIpc) is 3.88. The van der Waals surface area contributed by atoms with Gasteiger partial charge in [0.15, 0.2) is 17.5 Å². The van der Waals surface area contributed by atoms with Crippen LogP contribution >= 0.6 is 11.3 Å². The molecule has 58 heavy (non-hydrogen) atoms. The minimum Gasteiger partial charge on any atom is -0.456 e. The summed E-state index contributed by atoms with van der Waals surface area (Å²) in [5, 5.41) is 7.85. The van der Waals surface area contributed by atoms with E-state index in [1.165, 1.54) is 14.8 Å². The zero-order chi connectivity index (χ0) is 38.2. The normalized spacial score (nSPS) is 11.8. The number of nitrogens with zero attached hydrogens (tertiary/aromatic N) is 4. The Hall–Kier alpha value is -7.54. The molecule has 0 saturated heterocycles. The molecule has 0 aliphatic rings. The van der Waals surface area contributed by atoms with Gasteiger partial charge in [-0.25, -0.2) is 19.9 Å². The van der Waals surface area contributed by atoms with Crippen LogP contribution in [0.2, 0.25) is 0 Å². The van der Waals surface area contributed by atoms with E-state index in [0.717, 1.165) is 88.1 Å². The molecule has 8 aromatic carbocycles. The summed E-state index contributed by atoms with van der Waals surface area (Å²) >= 11 is 1.79. The number of aromatic nitrogens is 4. The molecule has 0 saturated carbocycles. The molecule has 0 fully saturated rings. The summed E-state index contributed by atoms with van der Waals surface area (Å²) in [5.41, 5.74) is 9.50. The zero-order valence-electron chi connectivity index (χ0n) is 30.9. The van der Waals surface area contributed by atoms with E-state index in [0.29, 0.717) is 17.5 Å². The molecule has 12 rings (SSSR count). The molecular weight excluding hydrogens is 729 g/mol. The van der Waals surface area contributed by atoms with Gasteiger partial charge in [-0.05, 0) is 42.0 Å². The number of benzene rings is 8. The first kappa shape index (κ1) is 32.7. The molecule has 0 radical (unpaired) electrons. The van der Waals surface area contributed by atoms with Gasteiger partial charge in [0.2, 0.25) is 0 Å². The second-order valence-corrected chi connectivity index (χ2v) is 15.6. The van der Waals surface area contributed by atoms with Crippen LogP contribution in [0.4, 0.5) is 0 Å². The molecule has 0 spiro atoms. The van der Waals surface area contributed by atoms with Gasteiger partial charge in [0.25, 0.3) is 0 Å².